The Morgan fingerprint density at radius 3 is 2.64 bits per heavy atom. The Balaban J connectivity index is 1.79. The van der Waals surface area contributed by atoms with Gasteiger partial charge in [0.05, 0.1) is 5.75 Å². The summed E-state index contributed by atoms with van der Waals surface area (Å²) >= 11 is 0. The number of nitrogens with zero attached hydrogens (tertiary/aromatic N) is 5. The van der Waals surface area contributed by atoms with Gasteiger partial charge < -0.3 is 0 Å². The fourth-order valence-corrected chi connectivity index (χ4v) is 2.98. The highest BCUT2D eigenvalue weighted by atomic mass is 32.2. The lowest BCUT2D eigenvalue weighted by atomic mass is 10.2. The molecule has 0 unspecified atom stereocenters. The Morgan fingerprint density at radius 2 is 1.91 bits per heavy atom. The van der Waals surface area contributed by atoms with Gasteiger partial charge in [-0.15, -0.1) is 0 Å². The van der Waals surface area contributed by atoms with Crippen LogP contribution in [0.25, 0.3) is 5.82 Å². The molecule has 0 radical (unpaired) electrons. The molecule has 3 rings (SSSR count). The molecular formula is C13H12N6O2S. The Hall–Kier alpha value is -2.81. The second-order valence-corrected chi connectivity index (χ2v) is 6.17. The van der Waals surface area contributed by atoms with Crippen molar-refractivity contribution in [2.75, 3.05) is 4.72 Å². The number of nitrogens with one attached hydrogen (secondary N) is 1. The van der Waals surface area contributed by atoms with Gasteiger partial charge in [0.15, 0.2) is 5.82 Å². The molecular weight excluding hydrogens is 304 g/mol. The molecule has 0 saturated carbocycles. The second-order valence-electron chi connectivity index (χ2n) is 4.45. The van der Waals surface area contributed by atoms with Crippen LogP contribution in [0.2, 0.25) is 0 Å². The molecule has 3 aromatic rings. The van der Waals surface area contributed by atoms with Crippen molar-refractivity contribution in [3.8, 4) is 5.82 Å². The third-order valence-corrected chi connectivity index (χ3v) is 4.00. The van der Waals surface area contributed by atoms with E-state index >= 15 is 0 Å². The minimum absolute atomic E-state index is 0.128. The minimum atomic E-state index is -3.56. The van der Waals surface area contributed by atoms with E-state index in [9.17, 15) is 8.42 Å². The maximum Gasteiger partial charge on any atom is 0.238 e. The average molecular weight is 316 g/mol. The van der Waals surface area contributed by atoms with E-state index in [2.05, 4.69) is 24.8 Å². The SMILES string of the molecule is O=S(=O)(Cc1ccccc1)Nc1cc(-n2cncn2)ncn1. The van der Waals surface area contributed by atoms with Crippen LogP contribution in [0.3, 0.4) is 0 Å². The molecule has 2 aromatic heterocycles. The van der Waals surface area contributed by atoms with Crippen molar-refractivity contribution >= 4 is 15.8 Å². The van der Waals surface area contributed by atoms with E-state index in [1.54, 1.807) is 24.3 Å². The smallest absolute Gasteiger partial charge is 0.238 e. The Bertz CT molecular complexity index is 849. The van der Waals surface area contributed by atoms with E-state index in [-0.39, 0.29) is 11.6 Å². The highest BCUT2D eigenvalue weighted by Crippen LogP contribution is 2.12. The molecule has 112 valence electrons. The number of hydrogen-bond donors (Lipinski definition) is 1. The molecule has 0 spiro atoms. The summed E-state index contributed by atoms with van der Waals surface area (Å²) in [5.74, 6) is 0.470. The Kier molecular flexibility index (Phi) is 3.79. The van der Waals surface area contributed by atoms with E-state index in [4.69, 9.17) is 0 Å². The third-order valence-electron chi connectivity index (χ3n) is 2.77. The van der Waals surface area contributed by atoms with Crippen LogP contribution in [0.15, 0.2) is 55.4 Å². The van der Waals surface area contributed by atoms with Crippen molar-refractivity contribution in [2.45, 2.75) is 5.75 Å². The highest BCUT2D eigenvalue weighted by molar-refractivity contribution is 7.91. The summed E-state index contributed by atoms with van der Waals surface area (Å²) < 4.78 is 28.2. The highest BCUT2D eigenvalue weighted by Gasteiger charge is 2.13. The number of anilines is 1. The summed E-state index contributed by atoms with van der Waals surface area (Å²) in [5, 5.41) is 3.93. The fraction of sp³-hybridized carbons (Fsp3) is 0.0769. The largest absolute Gasteiger partial charge is 0.267 e. The normalized spacial score (nSPS) is 11.3. The maximum atomic E-state index is 12.2. The molecule has 0 aliphatic heterocycles. The molecule has 0 fully saturated rings. The summed E-state index contributed by atoms with van der Waals surface area (Å²) in [6, 6.07) is 10.4. The van der Waals surface area contributed by atoms with Crippen LogP contribution in [-0.4, -0.2) is 33.2 Å². The van der Waals surface area contributed by atoms with Crippen LogP contribution in [0, 0.1) is 0 Å². The van der Waals surface area contributed by atoms with Gasteiger partial charge in [-0.1, -0.05) is 30.3 Å². The molecule has 8 nitrogen and oxygen atoms in total. The second kappa shape index (κ2) is 5.90. The number of hydrogen-bond acceptors (Lipinski definition) is 6. The first-order valence-corrected chi connectivity index (χ1v) is 7.99. The summed E-state index contributed by atoms with van der Waals surface area (Å²) in [6.07, 6.45) is 4.09. The zero-order chi connectivity index (χ0) is 15.4. The van der Waals surface area contributed by atoms with Crippen LogP contribution in [0.5, 0.6) is 0 Å². The monoisotopic (exact) mass is 316 g/mol. The summed E-state index contributed by atoms with van der Waals surface area (Å²) in [5.41, 5.74) is 0.695. The van der Waals surface area contributed by atoms with Gasteiger partial charge in [0.25, 0.3) is 0 Å². The van der Waals surface area contributed by atoms with Crippen LogP contribution in [0.4, 0.5) is 5.82 Å². The van der Waals surface area contributed by atoms with Crippen molar-refractivity contribution in [3.63, 3.8) is 0 Å². The van der Waals surface area contributed by atoms with Crippen molar-refractivity contribution in [3.05, 3.63) is 60.9 Å². The standard InChI is InChI=1S/C13H12N6O2S/c20-22(21,7-11-4-2-1-3-5-11)18-12-6-13(16-9-15-12)19-10-14-8-17-19/h1-6,8-10H,7H2,(H,15,16,18). The van der Waals surface area contributed by atoms with Gasteiger partial charge in [-0.3, -0.25) is 4.72 Å². The number of rotatable bonds is 5. The van der Waals surface area contributed by atoms with Gasteiger partial charge in [0.1, 0.15) is 24.8 Å². The average Bonchev–Trinajstić information content (AvgIpc) is 3.02. The van der Waals surface area contributed by atoms with Crippen LogP contribution >= 0.6 is 0 Å². The van der Waals surface area contributed by atoms with Crippen LogP contribution in [-0.2, 0) is 15.8 Å². The first kappa shape index (κ1) is 14.1. The van der Waals surface area contributed by atoms with E-state index < -0.39 is 10.0 Å². The number of sulfonamides is 1. The molecule has 0 aliphatic rings. The lowest BCUT2D eigenvalue weighted by Gasteiger charge is -2.08. The van der Waals surface area contributed by atoms with Crippen molar-refractivity contribution < 1.29 is 8.42 Å². The summed E-state index contributed by atoms with van der Waals surface area (Å²) in [7, 11) is -3.56. The van der Waals surface area contributed by atoms with Gasteiger partial charge in [-0.2, -0.15) is 5.10 Å². The topological polar surface area (TPSA) is 103 Å². The number of benzene rings is 1. The first-order valence-electron chi connectivity index (χ1n) is 6.34. The van der Waals surface area contributed by atoms with E-state index in [1.165, 1.54) is 29.7 Å². The molecule has 1 aromatic carbocycles. The predicted molar refractivity (Wildman–Crippen MR) is 79.6 cm³/mol. The predicted octanol–water partition coefficient (Wildman–Crippen LogP) is 0.999. The minimum Gasteiger partial charge on any atom is -0.267 e. The fourth-order valence-electron chi connectivity index (χ4n) is 1.84. The van der Waals surface area contributed by atoms with E-state index in [0.717, 1.165) is 0 Å². The molecule has 1 N–H and O–H groups in total. The van der Waals surface area contributed by atoms with Gasteiger partial charge in [-0.05, 0) is 5.56 Å². The molecule has 22 heavy (non-hydrogen) atoms. The molecule has 0 atom stereocenters. The Labute approximate surface area is 126 Å². The molecule has 9 heteroatoms. The van der Waals surface area contributed by atoms with Crippen molar-refractivity contribution in [1.29, 1.82) is 0 Å². The third kappa shape index (κ3) is 3.44. The molecule has 0 bridgehead atoms. The lowest BCUT2D eigenvalue weighted by Crippen LogP contribution is -2.16. The van der Waals surface area contributed by atoms with Gasteiger partial charge in [0.2, 0.25) is 10.0 Å². The quantitative estimate of drug-likeness (QED) is 0.753. The molecule has 0 aliphatic carbocycles. The maximum absolute atomic E-state index is 12.2. The Morgan fingerprint density at radius 1 is 1.09 bits per heavy atom. The summed E-state index contributed by atoms with van der Waals surface area (Å²) in [4.78, 5) is 11.7. The summed E-state index contributed by atoms with van der Waals surface area (Å²) in [6.45, 7) is 0. The molecule has 0 amide bonds. The molecule has 0 saturated heterocycles. The van der Waals surface area contributed by atoms with Crippen molar-refractivity contribution in [1.82, 2.24) is 24.7 Å². The lowest BCUT2D eigenvalue weighted by molar-refractivity contribution is 0.600. The van der Waals surface area contributed by atoms with Gasteiger partial charge in [0, 0.05) is 6.07 Å². The van der Waals surface area contributed by atoms with Crippen LogP contribution < -0.4 is 4.72 Å². The van der Waals surface area contributed by atoms with Gasteiger partial charge >= 0.3 is 0 Å². The van der Waals surface area contributed by atoms with Crippen molar-refractivity contribution in [2.24, 2.45) is 0 Å². The van der Waals surface area contributed by atoms with Gasteiger partial charge in [-0.25, -0.2) is 28.1 Å². The van der Waals surface area contributed by atoms with E-state index in [0.29, 0.717) is 11.4 Å². The molecule has 2 heterocycles. The van der Waals surface area contributed by atoms with E-state index in [1.807, 2.05) is 6.07 Å². The zero-order valence-electron chi connectivity index (χ0n) is 11.4. The zero-order valence-corrected chi connectivity index (χ0v) is 12.2. The first-order chi connectivity index (χ1) is 10.6. The number of aromatic nitrogens is 5. The van der Waals surface area contributed by atoms with Crippen LogP contribution in [0.1, 0.15) is 5.56 Å².